The van der Waals surface area contributed by atoms with Gasteiger partial charge in [-0.2, -0.15) is 0 Å². The summed E-state index contributed by atoms with van der Waals surface area (Å²) in [5.74, 6) is -0.168. The molecule has 2 nitrogen and oxygen atoms in total. The summed E-state index contributed by atoms with van der Waals surface area (Å²) in [5, 5.41) is 6.40. The Morgan fingerprint density at radius 3 is 2.50 bits per heavy atom. The molecule has 1 atom stereocenters. The maximum absolute atomic E-state index is 13.4. The number of rotatable bonds is 3. The van der Waals surface area contributed by atoms with Gasteiger partial charge >= 0.3 is 0 Å². The predicted molar refractivity (Wildman–Crippen MR) is 82.9 cm³/mol. The van der Waals surface area contributed by atoms with Crippen LogP contribution in [0.2, 0.25) is 0 Å². The highest BCUT2D eigenvalue weighted by molar-refractivity contribution is 7.09. The van der Waals surface area contributed by atoms with E-state index >= 15 is 0 Å². The van der Waals surface area contributed by atoms with Gasteiger partial charge in [-0.3, -0.25) is 0 Å². The van der Waals surface area contributed by atoms with Crippen LogP contribution in [0.1, 0.15) is 48.6 Å². The van der Waals surface area contributed by atoms with Gasteiger partial charge in [0.15, 0.2) is 0 Å². The van der Waals surface area contributed by atoms with E-state index in [0.29, 0.717) is 5.56 Å². The number of nitrogens with one attached hydrogen (secondary N) is 1. The van der Waals surface area contributed by atoms with Gasteiger partial charge in [-0.1, -0.05) is 32.9 Å². The lowest BCUT2D eigenvalue weighted by molar-refractivity contribution is 0.566. The van der Waals surface area contributed by atoms with E-state index in [2.05, 4.69) is 31.5 Å². The third-order valence-electron chi connectivity index (χ3n) is 3.34. The minimum Gasteiger partial charge on any atom is -0.307 e. The summed E-state index contributed by atoms with van der Waals surface area (Å²) in [6.07, 6.45) is 0. The van der Waals surface area contributed by atoms with Crippen LogP contribution in [0.4, 0.5) is 4.39 Å². The first-order valence-electron chi connectivity index (χ1n) is 6.72. The normalized spacial score (nSPS) is 13.5. The molecule has 0 amide bonds. The van der Waals surface area contributed by atoms with Crippen LogP contribution >= 0.6 is 11.3 Å². The van der Waals surface area contributed by atoms with Gasteiger partial charge in [-0.15, -0.1) is 11.3 Å². The van der Waals surface area contributed by atoms with E-state index in [-0.39, 0.29) is 17.3 Å². The molecule has 1 aromatic carbocycles. The molecular formula is C16H21FN2S. The molecule has 2 rings (SSSR count). The average molecular weight is 292 g/mol. The van der Waals surface area contributed by atoms with Crippen molar-refractivity contribution in [3.63, 3.8) is 0 Å². The summed E-state index contributed by atoms with van der Waals surface area (Å²) in [4.78, 5) is 4.74. The van der Waals surface area contributed by atoms with Gasteiger partial charge in [0.2, 0.25) is 0 Å². The van der Waals surface area contributed by atoms with Crippen molar-refractivity contribution >= 4 is 11.3 Å². The minimum absolute atomic E-state index is 0.00963. The molecule has 0 radical (unpaired) electrons. The molecule has 108 valence electrons. The highest BCUT2D eigenvalue weighted by Gasteiger charge is 2.21. The summed E-state index contributed by atoms with van der Waals surface area (Å²) in [6, 6.07) is 5.24. The van der Waals surface area contributed by atoms with Crippen molar-refractivity contribution in [3.8, 4) is 0 Å². The van der Waals surface area contributed by atoms with E-state index in [1.54, 1.807) is 18.3 Å². The van der Waals surface area contributed by atoms with Crippen molar-refractivity contribution < 1.29 is 4.39 Å². The van der Waals surface area contributed by atoms with Gasteiger partial charge < -0.3 is 5.32 Å². The van der Waals surface area contributed by atoms with Crippen LogP contribution in [0.3, 0.4) is 0 Å². The summed E-state index contributed by atoms with van der Waals surface area (Å²) >= 11 is 1.65. The number of aryl methyl sites for hydroxylation is 1. The van der Waals surface area contributed by atoms with Crippen LogP contribution < -0.4 is 5.32 Å². The van der Waals surface area contributed by atoms with Crippen molar-refractivity contribution in [2.45, 2.75) is 39.2 Å². The Morgan fingerprint density at radius 2 is 2.00 bits per heavy atom. The Morgan fingerprint density at radius 1 is 1.30 bits per heavy atom. The number of halogens is 1. The molecule has 1 unspecified atom stereocenters. The first-order chi connectivity index (χ1) is 9.32. The number of hydrogen-bond acceptors (Lipinski definition) is 3. The van der Waals surface area contributed by atoms with Crippen molar-refractivity contribution in [3.05, 3.63) is 51.2 Å². The molecule has 2 aromatic rings. The molecule has 4 heteroatoms. The van der Waals surface area contributed by atoms with Crippen LogP contribution in [0.25, 0.3) is 0 Å². The molecule has 0 aliphatic rings. The zero-order valence-electron chi connectivity index (χ0n) is 12.6. The Labute approximate surface area is 124 Å². The molecule has 1 aromatic heterocycles. The molecule has 1 N–H and O–H groups in total. The van der Waals surface area contributed by atoms with Gasteiger partial charge in [-0.05, 0) is 31.2 Å². The summed E-state index contributed by atoms with van der Waals surface area (Å²) < 4.78 is 13.4. The lowest BCUT2D eigenvalue weighted by Crippen LogP contribution is -2.19. The quantitative estimate of drug-likeness (QED) is 0.917. The van der Waals surface area contributed by atoms with Crippen molar-refractivity contribution in [1.82, 2.24) is 10.3 Å². The standard InChI is InChI=1S/C16H21FN2S/c1-10-8-11(6-7-12(10)17)14(18-5)15-19-13(9-20-15)16(2,3)4/h6-9,14,18H,1-5H3. The Balaban J connectivity index is 2.37. The SMILES string of the molecule is CNC(c1ccc(F)c(C)c1)c1nc(C(C)(C)C)cs1. The van der Waals surface area contributed by atoms with E-state index in [0.717, 1.165) is 16.3 Å². The molecule has 0 aliphatic carbocycles. The number of aromatic nitrogens is 1. The Bertz CT molecular complexity index is 599. The third kappa shape index (κ3) is 3.07. The predicted octanol–water partition coefficient (Wildman–Crippen LogP) is 4.20. The Hall–Kier alpha value is -1.26. The smallest absolute Gasteiger partial charge is 0.126 e. The fourth-order valence-corrected chi connectivity index (χ4v) is 3.22. The van der Waals surface area contributed by atoms with Crippen molar-refractivity contribution in [2.24, 2.45) is 0 Å². The summed E-state index contributed by atoms with van der Waals surface area (Å²) in [7, 11) is 1.90. The second kappa shape index (κ2) is 5.62. The minimum atomic E-state index is -0.168. The first kappa shape index (κ1) is 15.1. The number of hydrogen-bond donors (Lipinski definition) is 1. The topological polar surface area (TPSA) is 24.9 Å². The molecule has 0 saturated carbocycles. The van der Waals surface area contributed by atoms with Gasteiger partial charge in [0.1, 0.15) is 10.8 Å². The maximum atomic E-state index is 13.4. The largest absolute Gasteiger partial charge is 0.307 e. The fourth-order valence-electron chi connectivity index (χ4n) is 2.04. The average Bonchev–Trinajstić information content (AvgIpc) is 2.84. The van der Waals surface area contributed by atoms with Gasteiger partial charge in [0, 0.05) is 10.8 Å². The number of benzene rings is 1. The highest BCUT2D eigenvalue weighted by atomic mass is 32.1. The molecule has 0 spiro atoms. The summed E-state index contributed by atoms with van der Waals surface area (Å²) in [5.41, 5.74) is 2.85. The van der Waals surface area contributed by atoms with Crippen molar-refractivity contribution in [1.29, 1.82) is 0 Å². The van der Waals surface area contributed by atoms with Crippen LogP contribution in [0, 0.1) is 12.7 Å². The van der Waals surface area contributed by atoms with Gasteiger partial charge in [0.05, 0.1) is 11.7 Å². The first-order valence-corrected chi connectivity index (χ1v) is 7.60. The van der Waals surface area contributed by atoms with E-state index in [1.807, 2.05) is 19.2 Å². The van der Waals surface area contributed by atoms with Crippen molar-refractivity contribution in [2.75, 3.05) is 7.05 Å². The molecule has 20 heavy (non-hydrogen) atoms. The zero-order chi connectivity index (χ0) is 14.9. The molecule has 0 fully saturated rings. The molecule has 0 saturated heterocycles. The van der Waals surface area contributed by atoms with Crippen LogP contribution in [0.5, 0.6) is 0 Å². The molecule has 0 aliphatic heterocycles. The van der Waals surface area contributed by atoms with E-state index < -0.39 is 0 Å². The third-order valence-corrected chi connectivity index (χ3v) is 4.25. The lowest BCUT2D eigenvalue weighted by atomic mass is 9.93. The second-order valence-electron chi connectivity index (χ2n) is 6.05. The van der Waals surface area contributed by atoms with Crippen LogP contribution in [-0.2, 0) is 5.41 Å². The Kier molecular flexibility index (Phi) is 4.25. The molecule has 1 heterocycles. The second-order valence-corrected chi connectivity index (χ2v) is 6.94. The summed E-state index contributed by atoms with van der Waals surface area (Å²) in [6.45, 7) is 8.25. The van der Waals surface area contributed by atoms with Crippen LogP contribution in [0.15, 0.2) is 23.6 Å². The fraction of sp³-hybridized carbons (Fsp3) is 0.438. The van der Waals surface area contributed by atoms with E-state index in [9.17, 15) is 4.39 Å². The van der Waals surface area contributed by atoms with Crippen LogP contribution in [-0.4, -0.2) is 12.0 Å². The van der Waals surface area contributed by atoms with E-state index in [1.165, 1.54) is 6.07 Å². The number of thiazole rings is 1. The maximum Gasteiger partial charge on any atom is 0.126 e. The van der Waals surface area contributed by atoms with Gasteiger partial charge in [0.25, 0.3) is 0 Å². The molecular weight excluding hydrogens is 271 g/mol. The highest BCUT2D eigenvalue weighted by Crippen LogP contribution is 2.30. The van der Waals surface area contributed by atoms with E-state index in [4.69, 9.17) is 4.98 Å². The zero-order valence-corrected chi connectivity index (χ0v) is 13.4. The lowest BCUT2D eigenvalue weighted by Gasteiger charge is -2.17. The van der Waals surface area contributed by atoms with Gasteiger partial charge in [-0.25, -0.2) is 9.37 Å². The molecule has 0 bridgehead atoms. The number of nitrogens with zero attached hydrogens (tertiary/aromatic N) is 1. The monoisotopic (exact) mass is 292 g/mol.